The maximum atomic E-state index is 11.9. The van der Waals surface area contributed by atoms with Gasteiger partial charge in [0.25, 0.3) is 0 Å². The molecule has 1 aromatic carbocycles. The second-order valence-corrected chi connectivity index (χ2v) is 5.72. The highest BCUT2D eigenvalue weighted by Crippen LogP contribution is 2.13. The number of H-pyrrole nitrogens is 1. The van der Waals surface area contributed by atoms with Crippen LogP contribution >= 0.6 is 12.2 Å². The molecule has 0 aliphatic heterocycles. The minimum atomic E-state index is -0.231. The van der Waals surface area contributed by atoms with Crippen molar-refractivity contribution in [3.8, 4) is 0 Å². The largest absolute Gasteiger partial charge is 0.350 e. The van der Waals surface area contributed by atoms with Crippen molar-refractivity contribution in [1.29, 1.82) is 0 Å². The topological polar surface area (TPSA) is 49.8 Å². The zero-order chi connectivity index (χ0) is 13.3. The molecule has 0 fully saturated rings. The standard InChI is InChI=1S/C13H17N3OS/c1-13(2,3)15-11(17)8-16-10-7-5-4-6-9(10)14-12(16)18/h4-7H,8H2,1-3H3,(H,14,18)(H,15,17). The molecule has 0 aliphatic carbocycles. The number of amides is 1. The molecule has 1 amide bonds. The van der Waals surface area contributed by atoms with E-state index in [1.165, 1.54) is 0 Å². The highest BCUT2D eigenvalue weighted by atomic mass is 32.1. The Morgan fingerprint density at radius 1 is 1.39 bits per heavy atom. The van der Waals surface area contributed by atoms with Crippen LogP contribution in [0.25, 0.3) is 11.0 Å². The van der Waals surface area contributed by atoms with E-state index in [-0.39, 0.29) is 18.0 Å². The van der Waals surface area contributed by atoms with Gasteiger partial charge < -0.3 is 14.9 Å². The van der Waals surface area contributed by atoms with Gasteiger partial charge >= 0.3 is 0 Å². The third-order valence-corrected chi connectivity index (χ3v) is 2.82. The van der Waals surface area contributed by atoms with Gasteiger partial charge in [0.15, 0.2) is 4.77 Å². The van der Waals surface area contributed by atoms with E-state index < -0.39 is 0 Å². The summed E-state index contributed by atoms with van der Waals surface area (Å²) in [7, 11) is 0. The van der Waals surface area contributed by atoms with Crippen LogP contribution in [-0.4, -0.2) is 21.0 Å². The molecular formula is C13H17N3OS. The third-order valence-electron chi connectivity index (χ3n) is 2.50. The summed E-state index contributed by atoms with van der Waals surface area (Å²) in [4.78, 5) is 15.0. The van der Waals surface area contributed by atoms with Gasteiger partial charge in [0, 0.05) is 5.54 Å². The summed E-state index contributed by atoms with van der Waals surface area (Å²) in [5, 5.41) is 2.93. The van der Waals surface area contributed by atoms with E-state index in [9.17, 15) is 4.79 Å². The van der Waals surface area contributed by atoms with Gasteiger partial charge in [-0.2, -0.15) is 0 Å². The van der Waals surface area contributed by atoms with Crippen molar-refractivity contribution in [2.45, 2.75) is 32.9 Å². The number of nitrogens with zero attached hydrogens (tertiary/aromatic N) is 1. The molecule has 18 heavy (non-hydrogen) atoms. The van der Waals surface area contributed by atoms with Crippen molar-refractivity contribution in [3.05, 3.63) is 29.0 Å². The predicted molar refractivity (Wildman–Crippen MR) is 75.0 cm³/mol. The van der Waals surface area contributed by atoms with Crippen molar-refractivity contribution in [3.63, 3.8) is 0 Å². The van der Waals surface area contributed by atoms with Crippen LogP contribution in [0.15, 0.2) is 24.3 Å². The van der Waals surface area contributed by atoms with E-state index in [4.69, 9.17) is 12.2 Å². The van der Waals surface area contributed by atoms with E-state index in [2.05, 4.69) is 10.3 Å². The van der Waals surface area contributed by atoms with Gasteiger partial charge in [-0.15, -0.1) is 0 Å². The minimum Gasteiger partial charge on any atom is -0.350 e. The van der Waals surface area contributed by atoms with Crippen molar-refractivity contribution in [2.24, 2.45) is 0 Å². The Kier molecular flexibility index (Phi) is 3.26. The lowest BCUT2D eigenvalue weighted by atomic mass is 10.1. The first-order chi connectivity index (χ1) is 8.37. The quantitative estimate of drug-likeness (QED) is 0.818. The summed E-state index contributed by atoms with van der Waals surface area (Å²) in [6, 6.07) is 7.77. The first-order valence-corrected chi connectivity index (χ1v) is 6.26. The lowest BCUT2D eigenvalue weighted by molar-refractivity contribution is -0.123. The molecule has 0 radical (unpaired) electrons. The lowest BCUT2D eigenvalue weighted by Crippen LogP contribution is -2.42. The van der Waals surface area contributed by atoms with E-state index in [1.807, 2.05) is 49.6 Å². The molecule has 1 aromatic heterocycles. The molecule has 0 bridgehead atoms. The number of imidazole rings is 1. The fourth-order valence-electron chi connectivity index (χ4n) is 1.87. The molecular weight excluding hydrogens is 246 g/mol. The maximum absolute atomic E-state index is 11.9. The van der Waals surface area contributed by atoms with Gasteiger partial charge in [0.1, 0.15) is 6.54 Å². The summed E-state index contributed by atoms with van der Waals surface area (Å²) in [5.41, 5.74) is 1.67. The lowest BCUT2D eigenvalue weighted by Gasteiger charge is -2.20. The Bertz CT molecular complexity index is 633. The fourth-order valence-corrected chi connectivity index (χ4v) is 2.14. The Morgan fingerprint density at radius 3 is 2.72 bits per heavy atom. The third kappa shape index (κ3) is 2.79. The van der Waals surface area contributed by atoms with E-state index in [1.54, 1.807) is 0 Å². The van der Waals surface area contributed by atoms with Crippen molar-refractivity contribution < 1.29 is 4.79 Å². The Morgan fingerprint density at radius 2 is 2.06 bits per heavy atom. The van der Waals surface area contributed by atoms with E-state index >= 15 is 0 Å². The number of aromatic nitrogens is 2. The number of hydrogen-bond acceptors (Lipinski definition) is 2. The smallest absolute Gasteiger partial charge is 0.240 e. The van der Waals surface area contributed by atoms with Gasteiger partial charge in [-0.05, 0) is 45.1 Å². The second-order valence-electron chi connectivity index (χ2n) is 5.33. The summed E-state index contributed by atoms with van der Waals surface area (Å²) >= 11 is 5.24. The second kappa shape index (κ2) is 4.57. The summed E-state index contributed by atoms with van der Waals surface area (Å²) in [5.74, 6) is -0.0386. The van der Waals surface area contributed by atoms with Crippen LogP contribution in [0.4, 0.5) is 0 Å². The summed E-state index contributed by atoms with van der Waals surface area (Å²) in [6.07, 6.45) is 0. The van der Waals surface area contributed by atoms with Gasteiger partial charge in [0.05, 0.1) is 11.0 Å². The molecule has 4 nitrogen and oxygen atoms in total. The highest BCUT2D eigenvalue weighted by Gasteiger charge is 2.15. The Labute approximate surface area is 111 Å². The molecule has 96 valence electrons. The van der Waals surface area contributed by atoms with Crippen molar-refractivity contribution >= 4 is 29.2 Å². The van der Waals surface area contributed by atoms with Crippen LogP contribution in [-0.2, 0) is 11.3 Å². The molecule has 0 spiro atoms. The van der Waals surface area contributed by atoms with Crippen LogP contribution in [0.5, 0.6) is 0 Å². The van der Waals surface area contributed by atoms with Crippen molar-refractivity contribution in [1.82, 2.24) is 14.9 Å². The molecule has 5 heteroatoms. The first-order valence-electron chi connectivity index (χ1n) is 5.85. The zero-order valence-electron chi connectivity index (χ0n) is 10.8. The number of para-hydroxylation sites is 2. The average molecular weight is 263 g/mol. The molecule has 0 aliphatic rings. The van der Waals surface area contributed by atoms with Crippen LogP contribution in [0.2, 0.25) is 0 Å². The Hall–Kier alpha value is -1.62. The Balaban J connectivity index is 2.30. The number of fused-ring (bicyclic) bond motifs is 1. The van der Waals surface area contributed by atoms with Gasteiger partial charge in [-0.3, -0.25) is 4.79 Å². The monoisotopic (exact) mass is 263 g/mol. The molecule has 0 saturated carbocycles. The average Bonchev–Trinajstić information content (AvgIpc) is 2.53. The van der Waals surface area contributed by atoms with Crippen LogP contribution in [0.1, 0.15) is 20.8 Å². The number of hydrogen-bond donors (Lipinski definition) is 2. The summed E-state index contributed by atoms with van der Waals surface area (Å²) in [6.45, 7) is 6.11. The van der Waals surface area contributed by atoms with Gasteiger partial charge in [-0.1, -0.05) is 12.1 Å². The number of benzene rings is 1. The minimum absolute atomic E-state index is 0.0386. The normalized spacial score (nSPS) is 11.7. The molecule has 1 heterocycles. The molecule has 0 unspecified atom stereocenters. The number of carbonyl (C=O) groups excluding carboxylic acids is 1. The molecule has 2 N–H and O–H groups in total. The van der Waals surface area contributed by atoms with E-state index in [0.29, 0.717) is 4.77 Å². The maximum Gasteiger partial charge on any atom is 0.240 e. The van der Waals surface area contributed by atoms with Crippen LogP contribution < -0.4 is 5.32 Å². The van der Waals surface area contributed by atoms with Crippen LogP contribution in [0, 0.1) is 4.77 Å². The predicted octanol–water partition coefficient (Wildman–Crippen LogP) is 2.61. The zero-order valence-corrected chi connectivity index (χ0v) is 11.6. The van der Waals surface area contributed by atoms with Gasteiger partial charge in [-0.25, -0.2) is 0 Å². The molecule has 2 rings (SSSR count). The van der Waals surface area contributed by atoms with Gasteiger partial charge in [0.2, 0.25) is 5.91 Å². The summed E-state index contributed by atoms with van der Waals surface area (Å²) < 4.78 is 2.38. The molecule has 2 aromatic rings. The van der Waals surface area contributed by atoms with Crippen LogP contribution in [0.3, 0.4) is 0 Å². The fraction of sp³-hybridized carbons (Fsp3) is 0.385. The number of aromatic amines is 1. The SMILES string of the molecule is CC(C)(C)NC(=O)Cn1c(=S)[nH]c2ccccc21. The molecule has 0 saturated heterocycles. The van der Waals surface area contributed by atoms with E-state index in [0.717, 1.165) is 11.0 Å². The number of rotatable bonds is 2. The first kappa shape index (κ1) is 12.8. The number of carbonyl (C=O) groups is 1. The highest BCUT2D eigenvalue weighted by molar-refractivity contribution is 7.71. The van der Waals surface area contributed by atoms with Crippen molar-refractivity contribution in [2.75, 3.05) is 0 Å². The number of nitrogens with one attached hydrogen (secondary N) is 2. The molecule has 0 atom stereocenters.